The number of H-pyrrole nitrogens is 1. The largest absolute Gasteiger partial charge is 0.481 e. The van der Waals surface area contributed by atoms with E-state index in [4.69, 9.17) is 16.2 Å². The Morgan fingerprint density at radius 1 is 0.587 bits per heavy atom. The SMILES string of the molecule is CCCCCCCCCC(=O)NC(Cc1c[nH]c2ccccc12)C(=O)NC(CC(N)=O)C(=O)NC(CC(=O)O)C(=O)NC1C(=O)NCC(=O)NC(CCCNCc2nccs2)C(=O)NC(CC(=O)O)C(=O)NC(C)C(=O)NC(CC(=O)O)C(=O)NCC(=O)NC(CO)C(=O)NC(C(C)CC(=O)O)C(=O)NC(CC(=O)c2ccccc2N)C(=O)OC1C. The smallest absolute Gasteiger partial charge is 0.329 e. The third-order valence-electron chi connectivity index (χ3n) is 18.8. The number of unbranched alkanes of at least 4 members (excludes halogenated alkanes) is 6. The molecule has 1 aliphatic rings. The van der Waals surface area contributed by atoms with Crippen molar-refractivity contribution in [3.8, 4) is 0 Å². The number of hydrogen-bond acceptors (Lipinski definition) is 26. The molecule has 1 saturated heterocycles. The van der Waals surface area contributed by atoms with Gasteiger partial charge in [0.1, 0.15) is 77.6 Å². The first-order valence-corrected chi connectivity index (χ1v) is 39.6. The van der Waals surface area contributed by atoms with Gasteiger partial charge in [-0.25, -0.2) is 9.78 Å². The maximum Gasteiger partial charge on any atom is 0.329 e. The van der Waals surface area contributed by atoms with Crippen molar-refractivity contribution in [3.63, 3.8) is 0 Å². The number of cyclic esters (lactones) is 1. The van der Waals surface area contributed by atoms with Crippen LogP contribution in [0.4, 0.5) is 5.69 Å². The number of carbonyl (C=O) groups excluding carboxylic acids is 16. The van der Waals surface area contributed by atoms with Crippen LogP contribution in [-0.4, -0.2) is 253 Å². The molecule has 45 heteroatoms. The average Bonchev–Trinajstić information content (AvgIpc) is 1.73. The summed E-state index contributed by atoms with van der Waals surface area (Å²) in [5.74, 6) is -29.7. The topological polar surface area (TPSA) is 701 Å². The summed E-state index contributed by atoms with van der Waals surface area (Å²) in [4.78, 5) is 283. The van der Waals surface area contributed by atoms with Gasteiger partial charge in [-0.05, 0) is 69.3 Å². The third kappa shape index (κ3) is 34.1. The van der Waals surface area contributed by atoms with Crippen molar-refractivity contribution in [1.82, 2.24) is 84.4 Å². The van der Waals surface area contributed by atoms with Gasteiger partial charge in [-0.2, -0.15) is 0 Å². The summed E-state index contributed by atoms with van der Waals surface area (Å²) in [6.45, 7) is 1.62. The molecule has 3 heterocycles. The average molecular weight is 1720 g/mol. The number of Topliss-reactive ketones (excluding diaryl/α,β-unsaturated/α-hetero) is 1. The number of fused-ring (bicyclic) bond motifs is 1. The molecule has 1 aliphatic heterocycles. The van der Waals surface area contributed by atoms with Crippen LogP contribution in [0.1, 0.15) is 151 Å². The maximum atomic E-state index is 14.9. The van der Waals surface area contributed by atoms with Gasteiger partial charge in [-0.1, -0.05) is 82.7 Å². The quantitative estimate of drug-likeness (QED) is 0.00873. The molecule has 0 aliphatic carbocycles. The van der Waals surface area contributed by atoms with E-state index >= 15 is 0 Å². The summed E-state index contributed by atoms with van der Waals surface area (Å²) < 4.78 is 5.73. The van der Waals surface area contributed by atoms with E-state index in [1.54, 1.807) is 35.8 Å². The first-order valence-electron chi connectivity index (χ1n) is 38.7. The molecule has 4 aromatic rings. The Balaban J connectivity index is 1.62. The number of hydrogen-bond donors (Lipinski definition) is 22. The molecule has 0 spiro atoms. The predicted octanol–water partition coefficient (Wildman–Crippen LogP) is -4.33. The number of carboxylic acids is 4. The van der Waals surface area contributed by atoms with Gasteiger partial charge < -0.3 is 121 Å². The molecule has 0 saturated carbocycles. The lowest BCUT2D eigenvalue weighted by Gasteiger charge is -2.30. The molecule has 2 aromatic heterocycles. The highest BCUT2D eigenvalue weighted by atomic mass is 32.1. The number of aliphatic carboxylic acids is 4. The van der Waals surface area contributed by atoms with E-state index in [0.29, 0.717) is 34.3 Å². The fourth-order valence-electron chi connectivity index (χ4n) is 12.4. The van der Waals surface area contributed by atoms with E-state index in [1.807, 2.05) is 16.0 Å². The summed E-state index contributed by atoms with van der Waals surface area (Å²) in [5, 5.41) is 84.8. The van der Waals surface area contributed by atoms with Crippen LogP contribution in [0.5, 0.6) is 0 Å². The molecular formula is C76H104N18O26S. The minimum absolute atomic E-state index is 0.00487. The number of amides is 14. The first-order chi connectivity index (χ1) is 57.4. The van der Waals surface area contributed by atoms with Crippen LogP contribution in [0.3, 0.4) is 0 Å². The van der Waals surface area contributed by atoms with Gasteiger partial charge in [0.15, 0.2) is 5.78 Å². The Hall–Kier alpha value is -13.1. The Bertz CT molecular complexity index is 4370. The first kappa shape index (κ1) is 98.5. The Kier molecular flexibility index (Phi) is 40.7. The summed E-state index contributed by atoms with van der Waals surface area (Å²) in [6, 6.07) is -10.6. The van der Waals surface area contributed by atoms with E-state index < -0.39 is 255 Å². The summed E-state index contributed by atoms with van der Waals surface area (Å²) in [7, 11) is 0. The van der Waals surface area contributed by atoms with E-state index in [-0.39, 0.29) is 50.0 Å². The lowest BCUT2D eigenvalue weighted by Crippen LogP contribution is -2.62. The molecule has 24 N–H and O–H groups in total. The van der Waals surface area contributed by atoms with E-state index in [9.17, 15) is 121 Å². The number of aromatic nitrogens is 2. The number of anilines is 1. The van der Waals surface area contributed by atoms with Crippen molar-refractivity contribution in [2.24, 2.45) is 11.7 Å². The van der Waals surface area contributed by atoms with Crippen molar-refractivity contribution in [2.75, 3.05) is 32.0 Å². The highest BCUT2D eigenvalue weighted by Crippen LogP contribution is 2.22. The van der Waals surface area contributed by atoms with Crippen LogP contribution in [0.25, 0.3) is 10.9 Å². The van der Waals surface area contributed by atoms with E-state index in [0.717, 1.165) is 52.9 Å². The maximum absolute atomic E-state index is 14.9. The highest BCUT2D eigenvalue weighted by Gasteiger charge is 2.41. The van der Waals surface area contributed by atoms with E-state index in [2.05, 4.69) is 75.4 Å². The summed E-state index contributed by atoms with van der Waals surface area (Å²) in [6.07, 6.45) is -0.703. The number of nitrogens with zero attached hydrogens (tertiary/aromatic N) is 1. The molecule has 14 amide bonds. The minimum atomic E-state index is -2.46. The lowest BCUT2D eigenvalue weighted by atomic mass is 9.96. The van der Waals surface area contributed by atoms with Gasteiger partial charge >= 0.3 is 29.8 Å². The van der Waals surface area contributed by atoms with Crippen molar-refractivity contribution in [3.05, 3.63) is 82.4 Å². The number of aliphatic hydroxyl groups excluding tert-OH is 1. The van der Waals surface area contributed by atoms with Crippen LogP contribution in [0, 0.1) is 5.92 Å². The van der Waals surface area contributed by atoms with Gasteiger partial charge in [0, 0.05) is 65.7 Å². The number of carboxylic acid groups (broad SMARTS) is 4. The number of aliphatic hydroxyl groups is 1. The molecule has 121 heavy (non-hydrogen) atoms. The number of aromatic amines is 1. The lowest BCUT2D eigenvalue weighted by molar-refractivity contribution is -0.156. The predicted molar refractivity (Wildman–Crippen MR) is 425 cm³/mol. The number of nitrogens with two attached hydrogens (primary N) is 2. The zero-order chi connectivity index (χ0) is 89.6. The molecule has 660 valence electrons. The van der Waals surface area contributed by atoms with Crippen LogP contribution in [0.15, 0.2) is 66.3 Å². The number of primary amides is 1. The van der Waals surface area contributed by atoms with Crippen molar-refractivity contribution in [2.45, 2.75) is 216 Å². The minimum Gasteiger partial charge on any atom is -0.481 e. The van der Waals surface area contributed by atoms with Crippen molar-refractivity contribution >= 4 is 146 Å². The number of para-hydroxylation sites is 2. The van der Waals surface area contributed by atoms with Crippen molar-refractivity contribution in [1.29, 1.82) is 0 Å². The van der Waals surface area contributed by atoms with Crippen LogP contribution < -0.4 is 85.9 Å². The number of esters is 1. The number of nitrogens with one attached hydrogen (secondary N) is 15. The number of carbonyl (C=O) groups is 20. The number of ether oxygens (including phenoxy) is 1. The molecule has 1 fully saturated rings. The third-order valence-corrected chi connectivity index (χ3v) is 19.6. The Morgan fingerprint density at radius 2 is 1.16 bits per heavy atom. The second kappa shape index (κ2) is 50.0. The molecule has 13 atom stereocenters. The molecule has 5 rings (SSSR count). The molecule has 13 unspecified atom stereocenters. The molecule has 0 radical (unpaired) electrons. The van der Waals surface area contributed by atoms with Crippen LogP contribution in [-0.2, 0) is 109 Å². The van der Waals surface area contributed by atoms with Crippen LogP contribution in [0.2, 0.25) is 0 Å². The Morgan fingerprint density at radius 3 is 1.78 bits per heavy atom. The summed E-state index contributed by atoms with van der Waals surface area (Å²) in [5.41, 5.74) is 12.4. The van der Waals surface area contributed by atoms with Crippen molar-refractivity contribution < 1.29 is 126 Å². The number of ketones is 1. The highest BCUT2D eigenvalue weighted by molar-refractivity contribution is 7.09. The molecule has 2 aromatic carbocycles. The monoisotopic (exact) mass is 1720 g/mol. The van der Waals surface area contributed by atoms with Gasteiger partial charge in [0.05, 0.1) is 51.8 Å². The number of nitrogen functional groups attached to an aromatic ring is 1. The molecule has 0 bridgehead atoms. The van der Waals surface area contributed by atoms with Gasteiger partial charge in [0.25, 0.3) is 0 Å². The second-order valence-electron chi connectivity index (χ2n) is 28.6. The van der Waals surface area contributed by atoms with Gasteiger partial charge in [-0.3, -0.25) is 91.1 Å². The zero-order valence-electron chi connectivity index (χ0n) is 66.7. The molecular weight excluding hydrogens is 1610 g/mol. The van der Waals surface area contributed by atoms with Crippen LogP contribution >= 0.6 is 11.3 Å². The second-order valence-corrected chi connectivity index (χ2v) is 29.5. The van der Waals surface area contributed by atoms with Gasteiger partial charge in [0.2, 0.25) is 82.7 Å². The summed E-state index contributed by atoms with van der Waals surface area (Å²) >= 11 is 1.29. The fraction of sp³-hybridized carbons (Fsp3) is 0.513. The number of thiazole rings is 1. The normalized spacial score (nSPS) is 20.7. The zero-order valence-corrected chi connectivity index (χ0v) is 67.5. The number of benzene rings is 2. The fourth-order valence-corrected chi connectivity index (χ4v) is 13.0. The van der Waals surface area contributed by atoms with E-state index in [1.165, 1.54) is 41.8 Å². The number of rotatable bonds is 38. The van der Waals surface area contributed by atoms with Gasteiger partial charge in [-0.15, -0.1) is 11.3 Å². The Labute approximate surface area is 696 Å². The molecule has 44 nitrogen and oxygen atoms in total. The standard InChI is InChI=1S/C76H104N18O26S/c1-5-6-7-8-9-10-11-22-56(98)86-47(27-41-33-81-45-20-15-13-17-42(41)45)70(113)89-48(29-55(78)97)71(114)91-51(32-63(107)108)72(115)94-65-40(4)120-76(119)52(28-54(96)43-18-12-14-19-44(43)77)92-75(118)64(38(2)26-60(101)102)93-73(116)53(37-95)87-58(100)34-82-67(110)49(30-61(103)104)88-66(109)39(3)84-69(112)50(31-62(105)106)90-68(111)46(85-57(99)35-83-74(65)117)21-16-23-79-36-59-80-24-25-121-59/h12-15,17-20,24-25,33,38-40,46-53,64-65,79,81,95H,5-11,16,21-23,26-32,34-37,77H2,1-4H3,(H2,78,97)(H,82,110)(H,83,117)(H,84,112)(H,85,99)(H,86,98)(H,87,100)(H,88,109)(H,89,113)(H,90,111)(H,91,114)(H,92,118)(H,93,116)(H,94,115)(H,101,102)(H,103,104)(H,105,106)(H,107,108).